The van der Waals surface area contributed by atoms with Gasteiger partial charge >= 0.3 is 0 Å². The molecule has 3 N–H and O–H groups in total. The minimum absolute atomic E-state index is 0.117. The van der Waals surface area contributed by atoms with Crippen LogP contribution in [0.15, 0.2) is 59.5 Å². The van der Waals surface area contributed by atoms with Gasteiger partial charge in [-0.15, -0.1) is 0 Å². The van der Waals surface area contributed by atoms with Crippen molar-refractivity contribution in [2.75, 3.05) is 6.54 Å². The smallest absolute Gasteiger partial charge is 0.190 e. The molecule has 0 amide bonds. The summed E-state index contributed by atoms with van der Waals surface area (Å²) in [4.78, 5) is 0.117. The number of sulfone groups is 1. The molecule has 0 spiro atoms. The Hall–Kier alpha value is -1.72. The Balaban J connectivity index is 2.45. The van der Waals surface area contributed by atoms with Crippen LogP contribution in [-0.2, 0) is 9.84 Å². The van der Waals surface area contributed by atoms with Gasteiger partial charge in [-0.25, -0.2) is 12.8 Å². The molecule has 2 rings (SSSR count). The van der Waals surface area contributed by atoms with E-state index in [1.54, 1.807) is 24.3 Å². The lowest BCUT2D eigenvalue weighted by atomic mass is 10.1. The zero-order valence-electron chi connectivity index (χ0n) is 10.3. The van der Waals surface area contributed by atoms with E-state index >= 15 is 0 Å². The molecular formula is C14H15FNO2S+. The number of rotatable bonds is 4. The average molecular weight is 280 g/mol. The Morgan fingerprint density at radius 2 is 1.58 bits per heavy atom. The Morgan fingerprint density at radius 3 is 2.11 bits per heavy atom. The summed E-state index contributed by atoms with van der Waals surface area (Å²) in [5.41, 5.74) is 4.41. The van der Waals surface area contributed by atoms with Gasteiger partial charge in [0.25, 0.3) is 0 Å². The highest BCUT2D eigenvalue weighted by molar-refractivity contribution is 7.91. The summed E-state index contributed by atoms with van der Waals surface area (Å²) in [6.45, 7) is 0.226. The predicted molar refractivity (Wildman–Crippen MR) is 70.5 cm³/mol. The lowest BCUT2D eigenvalue weighted by Gasteiger charge is -2.14. The van der Waals surface area contributed by atoms with Crippen molar-refractivity contribution in [2.45, 2.75) is 10.1 Å². The molecule has 2 aromatic rings. The number of quaternary nitrogens is 1. The molecule has 0 heterocycles. The summed E-state index contributed by atoms with van der Waals surface area (Å²) in [5.74, 6) is -0.454. The summed E-state index contributed by atoms with van der Waals surface area (Å²) in [5, 5.41) is -0.709. The third kappa shape index (κ3) is 2.83. The highest BCUT2D eigenvalue weighted by Crippen LogP contribution is 2.27. The largest absolute Gasteiger partial charge is 0.356 e. The molecule has 100 valence electrons. The van der Waals surface area contributed by atoms with Crippen LogP contribution in [0.3, 0.4) is 0 Å². The first-order chi connectivity index (χ1) is 9.05. The molecule has 2 aromatic carbocycles. The summed E-state index contributed by atoms with van der Waals surface area (Å²) >= 11 is 0. The van der Waals surface area contributed by atoms with Crippen LogP contribution in [0.5, 0.6) is 0 Å². The van der Waals surface area contributed by atoms with Crippen molar-refractivity contribution in [3.63, 3.8) is 0 Å². The number of hydrogen-bond donors (Lipinski definition) is 1. The van der Waals surface area contributed by atoms with Crippen LogP contribution in [-0.4, -0.2) is 15.0 Å². The van der Waals surface area contributed by atoms with E-state index in [0.717, 1.165) is 12.1 Å². The minimum atomic E-state index is -3.55. The molecule has 0 saturated heterocycles. The highest BCUT2D eigenvalue weighted by Gasteiger charge is 2.29. The molecule has 0 unspecified atom stereocenters. The second-order valence-corrected chi connectivity index (χ2v) is 6.32. The van der Waals surface area contributed by atoms with Crippen LogP contribution >= 0.6 is 0 Å². The Kier molecular flexibility index (Phi) is 3.97. The van der Waals surface area contributed by atoms with Gasteiger partial charge in [0.15, 0.2) is 9.84 Å². The van der Waals surface area contributed by atoms with E-state index in [1.165, 1.54) is 12.1 Å². The second kappa shape index (κ2) is 5.50. The molecule has 3 nitrogen and oxygen atoms in total. The molecule has 1 atom stereocenters. The molecule has 0 aliphatic carbocycles. The fraction of sp³-hybridized carbons (Fsp3) is 0.143. The first-order valence-electron chi connectivity index (χ1n) is 5.89. The normalized spacial score (nSPS) is 13.2. The topological polar surface area (TPSA) is 61.8 Å². The molecule has 0 bridgehead atoms. The molecule has 0 aromatic heterocycles. The highest BCUT2D eigenvalue weighted by atomic mass is 32.2. The van der Waals surface area contributed by atoms with Gasteiger partial charge in [-0.2, -0.15) is 0 Å². The van der Waals surface area contributed by atoms with Gasteiger partial charge < -0.3 is 5.73 Å². The molecule has 0 fully saturated rings. The van der Waals surface area contributed by atoms with Crippen LogP contribution < -0.4 is 5.73 Å². The number of hydrogen-bond acceptors (Lipinski definition) is 2. The van der Waals surface area contributed by atoms with E-state index in [1.807, 2.05) is 6.07 Å². The Morgan fingerprint density at radius 1 is 1.00 bits per heavy atom. The molecule has 0 aliphatic rings. The van der Waals surface area contributed by atoms with Crippen LogP contribution in [0.2, 0.25) is 0 Å². The summed E-state index contributed by atoms with van der Waals surface area (Å²) < 4.78 is 37.9. The quantitative estimate of drug-likeness (QED) is 0.864. The van der Waals surface area contributed by atoms with Crippen molar-refractivity contribution in [3.8, 4) is 0 Å². The van der Waals surface area contributed by atoms with Crippen LogP contribution in [0, 0.1) is 5.82 Å². The van der Waals surface area contributed by atoms with Crippen molar-refractivity contribution in [2.24, 2.45) is 0 Å². The first-order valence-corrected chi connectivity index (χ1v) is 7.44. The third-order valence-electron chi connectivity index (χ3n) is 2.95. The molecule has 0 radical (unpaired) electrons. The van der Waals surface area contributed by atoms with Crippen LogP contribution in [0.25, 0.3) is 0 Å². The zero-order valence-corrected chi connectivity index (χ0v) is 11.1. The third-order valence-corrected chi connectivity index (χ3v) is 5.14. The summed E-state index contributed by atoms with van der Waals surface area (Å²) in [6, 6.07) is 13.8. The van der Waals surface area contributed by atoms with Gasteiger partial charge in [-0.1, -0.05) is 30.3 Å². The number of benzene rings is 2. The van der Waals surface area contributed by atoms with Crippen molar-refractivity contribution >= 4 is 9.84 Å². The molecule has 0 saturated carbocycles. The summed E-state index contributed by atoms with van der Waals surface area (Å²) in [7, 11) is -3.55. The number of halogens is 1. The van der Waals surface area contributed by atoms with Crippen molar-refractivity contribution in [1.82, 2.24) is 0 Å². The fourth-order valence-corrected chi connectivity index (χ4v) is 3.63. The average Bonchev–Trinajstić information content (AvgIpc) is 2.41. The molecule has 19 heavy (non-hydrogen) atoms. The van der Waals surface area contributed by atoms with E-state index in [9.17, 15) is 12.8 Å². The van der Waals surface area contributed by atoms with Gasteiger partial charge in [-0.3, -0.25) is 0 Å². The maximum atomic E-state index is 12.9. The van der Waals surface area contributed by atoms with Gasteiger partial charge in [0.2, 0.25) is 0 Å². The fourth-order valence-electron chi connectivity index (χ4n) is 1.96. The predicted octanol–water partition coefficient (Wildman–Crippen LogP) is 1.58. The lowest BCUT2D eigenvalue weighted by Crippen LogP contribution is -2.54. The van der Waals surface area contributed by atoms with E-state index < -0.39 is 20.9 Å². The van der Waals surface area contributed by atoms with Crippen LogP contribution in [0.4, 0.5) is 4.39 Å². The minimum Gasteiger partial charge on any atom is -0.356 e. The second-order valence-electron chi connectivity index (χ2n) is 4.19. The van der Waals surface area contributed by atoms with Gasteiger partial charge in [0, 0.05) is 0 Å². The molecule has 0 aliphatic heterocycles. The molecule has 5 heteroatoms. The Bertz CT molecular complexity index is 639. The van der Waals surface area contributed by atoms with Gasteiger partial charge in [0.1, 0.15) is 11.1 Å². The van der Waals surface area contributed by atoms with E-state index in [4.69, 9.17) is 0 Å². The van der Waals surface area contributed by atoms with Gasteiger partial charge in [0.05, 0.1) is 11.4 Å². The van der Waals surface area contributed by atoms with Gasteiger partial charge in [-0.05, 0) is 29.8 Å². The lowest BCUT2D eigenvalue weighted by molar-refractivity contribution is -0.367. The van der Waals surface area contributed by atoms with E-state index in [2.05, 4.69) is 5.73 Å². The maximum Gasteiger partial charge on any atom is 0.190 e. The first kappa shape index (κ1) is 13.7. The van der Waals surface area contributed by atoms with E-state index in [-0.39, 0.29) is 11.4 Å². The molecular weight excluding hydrogens is 265 g/mol. The zero-order chi connectivity index (χ0) is 13.9. The monoisotopic (exact) mass is 280 g/mol. The summed E-state index contributed by atoms with van der Waals surface area (Å²) in [6.07, 6.45) is 0. The van der Waals surface area contributed by atoms with Crippen molar-refractivity contribution in [3.05, 3.63) is 66.0 Å². The van der Waals surface area contributed by atoms with Crippen molar-refractivity contribution < 1.29 is 18.5 Å². The Labute approximate surface area is 111 Å². The van der Waals surface area contributed by atoms with Crippen LogP contribution in [0.1, 0.15) is 10.8 Å². The standard InChI is InChI=1S/C14H14FNO2S/c15-12-6-8-13(9-7-12)19(17,18)14(10-16)11-4-2-1-3-5-11/h1-9,14H,10,16H2/p+1/t14-/m1/s1. The van der Waals surface area contributed by atoms with E-state index in [0.29, 0.717) is 5.56 Å². The maximum absolute atomic E-state index is 12.9. The van der Waals surface area contributed by atoms with Crippen molar-refractivity contribution in [1.29, 1.82) is 0 Å². The SMILES string of the molecule is [NH3+]C[C@H](c1ccccc1)S(=O)(=O)c1ccc(F)cc1.